The number of carboxylic acid groups (broad SMARTS) is 1. The van der Waals surface area contributed by atoms with Crippen molar-refractivity contribution in [2.45, 2.75) is 146 Å². The molecule has 0 bridgehead atoms. The van der Waals surface area contributed by atoms with Crippen LogP contribution in [0.4, 0.5) is 0 Å². The van der Waals surface area contributed by atoms with Crippen molar-refractivity contribution in [3.8, 4) is 0 Å². The van der Waals surface area contributed by atoms with Crippen LogP contribution in [-0.4, -0.2) is 101 Å². The topological polar surface area (TPSA) is 267 Å². The van der Waals surface area contributed by atoms with E-state index in [-0.39, 0.29) is 6.42 Å². The van der Waals surface area contributed by atoms with E-state index >= 15 is 0 Å². The summed E-state index contributed by atoms with van der Waals surface area (Å²) in [5, 5.41) is 49.4. The van der Waals surface area contributed by atoms with Crippen LogP contribution >= 0.6 is 15.6 Å². The molecule has 0 aromatic heterocycles. The lowest BCUT2D eigenvalue weighted by molar-refractivity contribution is -0.216. The van der Waals surface area contributed by atoms with Crippen molar-refractivity contribution in [3.63, 3.8) is 0 Å². The molecule has 0 aliphatic heterocycles. The first-order valence-electron chi connectivity index (χ1n) is 15.1. The average molecular weight is 681 g/mol. The Morgan fingerprint density at radius 2 is 1.14 bits per heavy atom. The maximum absolute atomic E-state index is 12.5. The summed E-state index contributed by atoms with van der Waals surface area (Å²) in [6.07, 6.45) is -1.43. The lowest BCUT2D eigenvalue weighted by atomic mass is 9.85. The Hall–Kier alpha value is -1.000. The summed E-state index contributed by atoms with van der Waals surface area (Å²) in [5.74, 6) is -2.15. The fraction of sp³-hybridized carbons (Fsp3) is 0.923. The smallest absolute Gasteiger partial charge is 0.472 e. The van der Waals surface area contributed by atoms with Crippen LogP contribution in [0.15, 0.2) is 0 Å². The summed E-state index contributed by atoms with van der Waals surface area (Å²) >= 11 is 0. The van der Waals surface area contributed by atoms with Crippen molar-refractivity contribution in [2.75, 3.05) is 6.61 Å². The summed E-state index contributed by atoms with van der Waals surface area (Å²) in [6.45, 7) is 1.25. The van der Waals surface area contributed by atoms with Gasteiger partial charge in [0.1, 0.15) is 42.7 Å². The molecule has 0 radical (unpaired) electrons. The lowest BCUT2D eigenvalue weighted by Gasteiger charge is -2.43. The number of unbranched alkanes of at least 4 members (excludes halogenated alkanes) is 12. The van der Waals surface area contributed by atoms with Crippen molar-refractivity contribution in [1.29, 1.82) is 0 Å². The molecular weight excluding hydrogens is 630 g/mol. The van der Waals surface area contributed by atoms with E-state index in [4.69, 9.17) is 24.2 Å². The number of aliphatic carboxylic acids is 1. The molecular formula is C26H50O16P2. The molecule has 1 fully saturated rings. The molecule has 1 saturated carbocycles. The number of phosphoric ester groups is 2. The Morgan fingerprint density at radius 3 is 1.59 bits per heavy atom. The van der Waals surface area contributed by atoms with Gasteiger partial charge in [-0.1, -0.05) is 84.0 Å². The second kappa shape index (κ2) is 21.0. The minimum atomic E-state index is -5.34. The summed E-state index contributed by atoms with van der Waals surface area (Å²) in [6, 6.07) is 0. The zero-order valence-electron chi connectivity index (χ0n) is 25.1. The van der Waals surface area contributed by atoms with Crippen LogP contribution in [0.1, 0.15) is 103 Å². The number of aliphatic hydroxyl groups is 4. The normalized spacial score (nSPS) is 26.2. The third-order valence-corrected chi connectivity index (χ3v) is 8.67. The summed E-state index contributed by atoms with van der Waals surface area (Å²) in [5.41, 5.74) is 0. The monoisotopic (exact) mass is 680 g/mol. The van der Waals surface area contributed by atoms with Crippen molar-refractivity contribution in [1.82, 2.24) is 0 Å². The highest BCUT2D eigenvalue weighted by atomic mass is 31.2. The second-order valence-electron chi connectivity index (χ2n) is 11.1. The van der Waals surface area contributed by atoms with Gasteiger partial charge in [0.05, 0.1) is 13.0 Å². The van der Waals surface area contributed by atoms with Gasteiger partial charge in [0, 0.05) is 6.42 Å². The van der Waals surface area contributed by atoms with E-state index in [0.717, 1.165) is 25.7 Å². The fourth-order valence-electron chi connectivity index (χ4n) is 4.81. The largest absolute Gasteiger partial charge is 0.481 e. The Kier molecular flexibility index (Phi) is 19.6. The molecule has 0 saturated heterocycles. The van der Waals surface area contributed by atoms with Crippen molar-refractivity contribution in [2.24, 2.45) is 0 Å². The van der Waals surface area contributed by atoms with Gasteiger partial charge in [0.25, 0.3) is 0 Å². The molecule has 8 N–H and O–H groups in total. The van der Waals surface area contributed by atoms with E-state index in [9.17, 15) is 44.0 Å². The van der Waals surface area contributed by atoms with Crippen LogP contribution in [-0.2, 0) is 37.0 Å². The predicted molar refractivity (Wildman–Crippen MR) is 154 cm³/mol. The first-order valence-corrected chi connectivity index (χ1v) is 18.1. The molecule has 0 spiro atoms. The standard InChI is InChI=1S/C26H50O16P2/c1-2-3-4-5-6-7-8-9-10-11-12-13-14-15-20(29)40-18(16-19(27)28)17-39-44(37,38)42-26-23(32)21(30)22(31)25(24(26)33)41-43(34,35)36/h18,21-26,30-33H,2-17H2,1H3,(H,27,28)(H,37,38)(H2,34,35,36)/t18-,21?,22+,23+,24?,25-,26?/m1/s1. The van der Waals surface area contributed by atoms with Crippen LogP contribution < -0.4 is 0 Å². The fourth-order valence-corrected chi connectivity index (χ4v) is 6.35. The number of rotatable bonds is 24. The number of ether oxygens (including phenoxy) is 1. The van der Waals surface area contributed by atoms with Crippen LogP contribution in [0.3, 0.4) is 0 Å². The summed E-state index contributed by atoms with van der Waals surface area (Å²) < 4.78 is 42.3. The van der Waals surface area contributed by atoms with Gasteiger partial charge in [-0.15, -0.1) is 0 Å². The number of carbonyl (C=O) groups excluding carboxylic acids is 1. The van der Waals surface area contributed by atoms with Gasteiger partial charge in [0.15, 0.2) is 0 Å². The van der Waals surface area contributed by atoms with Gasteiger partial charge in [-0.2, -0.15) is 0 Å². The molecule has 4 unspecified atom stereocenters. The average Bonchev–Trinajstić information content (AvgIpc) is 2.93. The van der Waals surface area contributed by atoms with Crippen molar-refractivity contribution >= 4 is 27.6 Å². The minimum Gasteiger partial charge on any atom is -0.481 e. The quantitative estimate of drug-likeness (QED) is 0.0413. The van der Waals surface area contributed by atoms with Gasteiger partial charge >= 0.3 is 27.6 Å². The van der Waals surface area contributed by atoms with Gasteiger partial charge in [-0.3, -0.25) is 23.2 Å². The number of hydrogen-bond acceptors (Lipinski definition) is 12. The second-order valence-corrected chi connectivity index (χ2v) is 13.7. The summed E-state index contributed by atoms with van der Waals surface area (Å²) in [4.78, 5) is 51.5. The van der Waals surface area contributed by atoms with E-state index < -0.39 is 83.3 Å². The maximum Gasteiger partial charge on any atom is 0.472 e. The number of aliphatic hydroxyl groups excluding tert-OH is 4. The number of phosphoric acid groups is 2. The molecule has 1 aliphatic rings. The van der Waals surface area contributed by atoms with Crippen LogP contribution in [0.5, 0.6) is 0 Å². The van der Waals surface area contributed by atoms with Crippen molar-refractivity contribution < 1.29 is 77.2 Å². The SMILES string of the molecule is CCCCCCCCCCCCCCCC(=O)O[C@@H](COP(=O)(O)OC1C(O)[C@H](OP(=O)(O)O)[C@@H](O)C(O)[C@@H]1O)CC(=O)O. The Balaban J connectivity index is 2.48. The third kappa shape index (κ3) is 17.1. The highest BCUT2D eigenvalue weighted by molar-refractivity contribution is 7.47. The highest BCUT2D eigenvalue weighted by Gasteiger charge is 2.54. The van der Waals surface area contributed by atoms with E-state index in [0.29, 0.717) is 6.42 Å². The minimum absolute atomic E-state index is 0.0111. The molecule has 44 heavy (non-hydrogen) atoms. The molecule has 1 rings (SSSR count). The lowest BCUT2D eigenvalue weighted by Crippen LogP contribution is -2.64. The Bertz CT molecular complexity index is 930. The van der Waals surface area contributed by atoms with Crippen LogP contribution in [0, 0.1) is 0 Å². The molecule has 18 heteroatoms. The number of carbonyl (C=O) groups is 2. The molecule has 0 amide bonds. The van der Waals surface area contributed by atoms with E-state index in [1.54, 1.807) is 0 Å². The Morgan fingerprint density at radius 1 is 0.682 bits per heavy atom. The van der Waals surface area contributed by atoms with Crippen LogP contribution in [0.2, 0.25) is 0 Å². The van der Waals surface area contributed by atoms with Crippen LogP contribution in [0.25, 0.3) is 0 Å². The third-order valence-electron chi connectivity index (χ3n) is 7.17. The van der Waals surface area contributed by atoms with Crippen molar-refractivity contribution in [3.05, 3.63) is 0 Å². The van der Waals surface area contributed by atoms with E-state index in [2.05, 4.69) is 16.0 Å². The van der Waals surface area contributed by atoms with Gasteiger partial charge in [-0.25, -0.2) is 9.13 Å². The molecule has 0 aromatic carbocycles. The number of carboxylic acids is 1. The predicted octanol–water partition coefficient (Wildman–Crippen LogP) is 2.29. The first-order chi connectivity index (χ1) is 20.6. The zero-order valence-corrected chi connectivity index (χ0v) is 26.9. The van der Waals surface area contributed by atoms with E-state index in [1.165, 1.54) is 51.4 Å². The number of esters is 1. The maximum atomic E-state index is 12.5. The molecule has 1 aliphatic carbocycles. The first kappa shape index (κ1) is 41.0. The zero-order chi connectivity index (χ0) is 33.3. The van der Waals surface area contributed by atoms with Gasteiger partial charge in [0.2, 0.25) is 0 Å². The highest BCUT2D eigenvalue weighted by Crippen LogP contribution is 2.49. The van der Waals surface area contributed by atoms with Gasteiger partial charge in [-0.05, 0) is 6.42 Å². The molecule has 16 nitrogen and oxygen atoms in total. The molecule has 260 valence electrons. The molecule has 0 aromatic rings. The molecule has 8 atom stereocenters. The Labute approximate surface area is 257 Å². The van der Waals surface area contributed by atoms with Gasteiger partial charge < -0.3 is 44.9 Å². The molecule has 0 heterocycles. The number of hydrogen-bond donors (Lipinski definition) is 8. The van der Waals surface area contributed by atoms with E-state index in [1.807, 2.05) is 0 Å². The summed E-state index contributed by atoms with van der Waals surface area (Å²) in [7, 11) is -10.6.